The number of hydrogen-bond donors (Lipinski definition) is 2. The fourth-order valence-electron chi connectivity index (χ4n) is 4.22. The molecule has 200 valence electrons. The second-order valence-electron chi connectivity index (χ2n) is 8.99. The average molecular weight is 549 g/mol. The van der Waals surface area contributed by atoms with Crippen LogP contribution in [0.25, 0.3) is 0 Å². The van der Waals surface area contributed by atoms with Gasteiger partial charge in [0.25, 0.3) is 0 Å². The number of rotatable bonds is 7. The minimum absolute atomic E-state index is 0.0474. The van der Waals surface area contributed by atoms with Gasteiger partial charge in [0.2, 0.25) is 11.8 Å². The van der Waals surface area contributed by atoms with E-state index in [9.17, 15) is 4.79 Å². The second-order valence-corrected chi connectivity index (χ2v) is 9.86. The van der Waals surface area contributed by atoms with Crippen LogP contribution >= 0.6 is 23.2 Å². The summed E-state index contributed by atoms with van der Waals surface area (Å²) in [5, 5.41) is 1.38. The van der Waals surface area contributed by atoms with Crippen molar-refractivity contribution >= 4 is 29.1 Å². The van der Waals surface area contributed by atoms with E-state index in [1.807, 2.05) is 35.2 Å². The first kappa shape index (κ1) is 28.5. The van der Waals surface area contributed by atoms with Gasteiger partial charge in [0.05, 0.1) is 24.6 Å². The lowest BCUT2D eigenvalue weighted by Gasteiger charge is -2.34. The fraction of sp³-hybridized carbons (Fsp3) is 0.407. The number of carbonyl (C=O) groups excluding carboxylic acids is 1. The quantitative estimate of drug-likeness (QED) is 0.393. The molecule has 37 heavy (non-hydrogen) atoms. The average Bonchev–Trinajstić information content (AvgIpc) is 3.41. The van der Waals surface area contributed by atoms with E-state index >= 15 is 0 Å². The number of benzene rings is 1. The molecule has 2 fully saturated rings. The molecule has 1 amide bonds. The number of likely N-dealkylation sites (tertiary alicyclic amines) is 2. The number of methoxy groups -OCH3 is 1. The van der Waals surface area contributed by atoms with Gasteiger partial charge in [-0.25, -0.2) is 4.98 Å². The monoisotopic (exact) mass is 547 g/mol. The molecule has 0 spiro atoms. The SMILES string of the molecule is CO/C(N)=C/C=C(\N)N1CCC(C(=O)N2CCC(COc3ccc(Cl)cn3)C2)CC1.Clc1ccccc1. The highest BCUT2D eigenvalue weighted by atomic mass is 35.5. The highest BCUT2D eigenvalue weighted by Crippen LogP contribution is 2.25. The van der Waals surface area contributed by atoms with Crippen molar-refractivity contribution < 1.29 is 14.3 Å². The number of amides is 1. The minimum Gasteiger partial charge on any atom is -0.483 e. The van der Waals surface area contributed by atoms with Gasteiger partial charge in [0.15, 0.2) is 5.88 Å². The maximum atomic E-state index is 12.9. The van der Waals surface area contributed by atoms with E-state index in [-0.39, 0.29) is 11.8 Å². The van der Waals surface area contributed by atoms with E-state index in [1.54, 1.807) is 30.5 Å². The molecule has 2 aliphatic heterocycles. The summed E-state index contributed by atoms with van der Waals surface area (Å²) in [4.78, 5) is 21.1. The molecule has 4 N–H and O–H groups in total. The molecule has 3 heterocycles. The number of nitrogens with two attached hydrogens (primary N) is 2. The summed E-state index contributed by atoms with van der Waals surface area (Å²) in [6, 6.07) is 13.0. The third-order valence-corrected chi connectivity index (χ3v) is 6.84. The van der Waals surface area contributed by atoms with Gasteiger partial charge in [-0.15, -0.1) is 0 Å². The number of aromatic nitrogens is 1. The Bertz CT molecular complexity index is 1040. The van der Waals surface area contributed by atoms with Crippen LogP contribution in [0.2, 0.25) is 10.0 Å². The number of nitrogens with zero attached hydrogens (tertiary/aromatic N) is 3. The maximum Gasteiger partial charge on any atom is 0.225 e. The Hall–Kier alpha value is -3.10. The number of pyridine rings is 1. The number of piperidine rings is 1. The lowest BCUT2D eigenvalue weighted by atomic mass is 9.95. The van der Waals surface area contributed by atoms with Crippen LogP contribution < -0.4 is 16.2 Å². The van der Waals surface area contributed by atoms with E-state index in [4.69, 9.17) is 44.1 Å². The Kier molecular flexibility index (Phi) is 11.2. The molecule has 0 bridgehead atoms. The third kappa shape index (κ3) is 9.37. The van der Waals surface area contributed by atoms with E-state index in [2.05, 4.69) is 9.88 Å². The van der Waals surface area contributed by atoms with Crippen LogP contribution in [0.15, 0.2) is 72.5 Å². The van der Waals surface area contributed by atoms with Gasteiger partial charge in [0, 0.05) is 61.4 Å². The zero-order valence-electron chi connectivity index (χ0n) is 21.1. The Balaban J connectivity index is 0.000000468. The molecule has 2 saturated heterocycles. The fourth-order valence-corrected chi connectivity index (χ4v) is 4.48. The molecular formula is C27H35Cl2N5O3. The summed E-state index contributed by atoms with van der Waals surface area (Å²) < 4.78 is 10.7. The van der Waals surface area contributed by atoms with E-state index in [0.717, 1.165) is 50.5 Å². The van der Waals surface area contributed by atoms with Gasteiger partial charge >= 0.3 is 0 Å². The number of allylic oxidation sites excluding steroid dienone is 2. The molecule has 2 aromatic rings. The molecule has 1 aromatic carbocycles. The summed E-state index contributed by atoms with van der Waals surface area (Å²) in [5.74, 6) is 2.11. The van der Waals surface area contributed by atoms with Crippen LogP contribution in [0.1, 0.15) is 19.3 Å². The van der Waals surface area contributed by atoms with Gasteiger partial charge in [-0.3, -0.25) is 4.79 Å². The van der Waals surface area contributed by atoms with E-state index in [0.29, 0.717) is 35.1 Å². The van der Waals surface area contributed by atoms with Crippen molar-refractivity contribution in [1.82, 2.24) is 14.8 Å². The zero-order chi connectivity index (χ0) is 26.6. The number of hydrogen-bond acceptors (Lipinski definition) is 7. The van der Waals surface area contributed by atoms with Gasteiger partial charge in [-0.2, -0.15) is 0 Å². The summed E-state index contributed by atoms with van der Waals surface area (Å²) in [7, 11) is 1.51. The van der Waals surface area contributed by atoms with Crippen LogP contribution in [0, 0.1) is 11.8 Å². The van der Waals surface area contributed by atoms with Crippen LogP contribution in [0.4, 0.5) is 0 Å². The van der Waals surface area contributed by atoms with Crippen LogP contribution in [-0.4, -0.2) is 60.6 Å². The largest absolute Gasteiger partial charge is 0.483 e. The van der Waals surface area contributed by atoms with Crippen LogP contribution in [0.3, 0.4) is 0 Å². The molecule has 0 saturated carbocycles. The molecule has 1 atom stereocenters. The first-order valence-corrected chi connectivity index (χ1v) is 13.1. The molecule has 2 aliphatic rings. The first-order chi connectivity index (χ1) is 17.9. The van der Waals surface area contributed by atoms with Crippen molar-refractivity contribution in [2.75, 3.05) is 39.9 Å². The van der Waals surface area contributed by atoms with Crippen LogP contribution in [-0.2, 0) is 9.53 Å². The third-order valence-electron chi connectivity index (χ3n) is 6.36. The van der Waals surface area contributed by atoms with Gasteiger partial charge in [-0.05, 0) is 43.5 Å². The maximum absolute atomic E-state index is 12.9. The highest BCUT2D eigenvalue weighted by molar-refractivity contribution is 6.30. The summed E-state index contributed by atoms with van der Waals surface area (Å²) in [6.45, 7) is 3.57. The molecule has 10 heteroatoms. The Morgan fingerprint density at radius 3 is 2.30 bits per heavy atom. The van der Waals surface area contributed by atoms with Gasteiger partial charge in [0.1, 0.15) is 0 Å². The summed E-state index contributed by atoms with van der Waals surface area (Å²) >= 11 is 11.4. The number of carbonyl (C=O) groups is 1. The van der Waals surface area contributed by atoms with Crippen molar-refractivity contribution in [3.05, 3.63) is 82.6 Å². The molecule has 8 nitrogen and oxygen atoms in total. The van der Waals surface area contributed by atoms with Crippen molar-refractivity contribution in [2.24, 2.45) is 23.3 Å². The molecule has 1 aromatic heterocycles. The van der Waals surface area contributed by atoms with Crippen molar-refractivity contribution in [3.63, 3.8) is 0 Å². The van der Waals surface area contributed by atoms with E-state index < -0.39 is 0 Å². The van der Waals surface area contributed by atoms with Gasteiger partial charge < -0.3 is 30.7 Å². The first-order valence-electron chi connectivity index (χ1n) is 12.3. The van der Waals surface area contributed by atoms with Crippen LogP contribution in [0.5, 0.6) is 5.88 Å². The minimum atomic E-state index is 0.0474. The molecule has 4 rings (SSSR count). The highest BCUT2D eigenvalue weighted by Gasteiger charge is 2.33. The molecule has 0 aliphatic carbocycles. The number of ether oxygens (including phenoxy) is 2. The smallest absolute Gasteiger partial charge is 0.225 e. The van der Waals surface area contributed by atoms with Gasteiger partial charge in [-0.1, -0.05) is 41.4 Å². The molecule has 1 unspecified atom stereocenters. The predicted molar refractivity (Wildman–Crippen MR) is 147 cm³/mol. The number of halogens is 2. The Morgan fingerprint density at radius 2 is 1.70 bits per heavy atom. The van der Waals surface area contributed by atoms with Crippen molar-refractivity contribution in [2.45, 2.75) is 19.3 Å². The van der Waals surface area contributed by atoms with Crippen molar-refractivity contribution in [1.29, 1.82) is 0 Å². The molecular weight excluding hydrogens is 513 g/mol. The Morgan fingerprint density at radius 1 is 1.00 bits per heavy atom. The standard InChI is InChI=1S/C21H30ClN5O3.C6H5Cl/c1-29-19(24)4-3-18(23)26-10-7-16(8-11-26)21(28)27-9-6-15(13-27)14-30-20-5-2-17(22)12-25-20;7-6-4-2-1-3-5-6/h2-5,12,15-16H,6-11,13-14,23-24H2,1H3;1-5H/b18-3+,19-4+;. The predicted octanol–water partition coefficient (Wildman–Crippen LogP) is 4.26. The normalized spacial score (nSPS) is 18.7. The lowest BCUT2D eigenvalue weighted by molar-refractivity contribution is -0.136. The molecule has 0 radical (unpaired) electrons. The zero-order valence-corrected chi connectivity index (χ0v) is 22.6. The Labute approximate surface area is 228 Å². The summed E-state index contributed by atoms with van der Waals surface area (Å²) in [6.07, 6.45) is 7.48. The topological polar surface area (TPSA) is 107 Å². The second kappa shape index (κ2) is 14.6. The van der Waals surface area contributed by atoms with Crippen molar-refractivity contribution in [3.8, 4) is 5.88 Å². The lowest BCUT2D eigenvalue weighted by Crippen LogP contribution is -2.42. The summed E-state index contributed by atoms with van der Waals surface area (Å²) in [5.41, 5.74) is 11.7. The van der Waals surface area contributed by atoms with E-state index in [1.165, 1.54) is 7.11 Å².